The lowest BCUT2D eigenvalue weighted by Gasteiger charge is -2.42. The number of aliphatic imine (C=N–C) groups is 1. The van der Waals surface area contributed by atoms with E-state index in [1.54, 1.807) is 6.92 Å². The van der Waals surface area contributed by atoms with E-state index in [9.17, 15) is 4.79 Å². The molecule has 0 saturated heterocycles. The minimum atomic E-state index is 0.0532. The summed E-state index contributed by atoms with van der Waals surface area (Å²) in [7, 11) is 0. The molecule has 0 spiro atoms. The quantitative estimate of drug-likeness (QED) is 0.105. The molecule has 0 aromatic carbocycles. The van der Waals surface area contributed by atoms with Gasteiger partial charge in [-0.2, -0.15) is 0 Å². The fourth-order valence-corrected chi connectivity index (χ4v) is 5.29. The first-order valence-electron chi connectivity index (χ1n) is 14.4. The predicted molar refractivity (Wildman–Crippen MR) is 145 cm³/mol. The number of nitrogens with one attached hydrogen (secondary N) is 1. The lowest BCUT2D eigenvalue weighted by molar-refractivity contribution is -0.959. The summed E-state index contributed by atoms with van der Waals surface area (Å²) in [5.74, 6) is 0.0532. The van der Waals surface area contributed by atoms with Gasteiger partial charge in [0, 0.05) is 20.3 Å². The summed E-state index contributed by atoms with van der Waals surface area (Å²) in [5.41, 5.74) is 0. The zero-order valence-corrected chi connectivity index (χ0v) is 22.6. The van der Waals surface area contributed by atoms with Crippen LogP contribution in [-0.4, -0.2) is 42.0 Å². The van der Waals surface area contributed by atoms with Crippen LogP contribution in [0.15, 0.2) is 17.1 Å². The second-order valence-electron chi connectivity index (χ2n) is 10.2. The Morgan fingerprint density at radius 1 is 0.909 bits per heavy atom. The first kappa shape index (κ1) is 29.9. The Labute approximate surface area is 206 Å². The number of nitrogens with zero attached hydrogens (tertiary/aromatic N) is 2. The van der Waals surface area contributed by atoms with Gasteiger partial charge in [0.1, 0.15) is 6.54 Å². The summed E-state index contributed by atoms with van der Waals surface area (Å²) in [6, 6.07) is 0. The zero-order valence-electron chi connectivity index (χ0n) is 22.6. The van der Waals surface area contributed by atoms with Crippen LogP contribution in [0, 0.1) is 0 Å². The van der Waals surface area contributed by atoms with Crippen LogP contribution in [0.1, 0.15) is 137 Å². The molecule has 0 bridgehead atoms. The Morgan fingerprint density at radius 3 is 1.94 bits per heavy atom. The van der Waals surface area contributed by atoms with Crippen LogP contribution < -0.4 is 5.32 Å². The second kappa shape index (κ2) is 19.2. The van der Waals surface area contributed by atoms with Crippen molar-refractivity contribution in [1.82, 2.24) is 5.32 Å². The monoisotopic (exact) mass is 462 g/mol. The highest BCUT2D eigenvalue weighted by Crippen LogP contribution is 2.27. The van der Waals surface area contributed by atoms with E-state index in [2.05, 4.69) is 44.5 Å². The molecule has 3 atom stereocenters. The Hall–Kier alpha value is -1.16. The number of amides is 1. The fraction of sp³-hybridized carbons (Fsp3) is 0.862. The summed E-state index contributed by atoms with van der Waals surface area (Å²) in [6.45, 7) is 10.2. The molecule has 0 fully saturated rings. The van der Waals surface area contributed by atoms with Gasteiger partial charge in [0.15, 0.2) is 12.3 Å². The molecule has 1 rings (SSSR count). The summed E-state index contributed by atoms with van der Waals surface area (Å²) >= 11 is 0. The van der Waals surface area contributed by atoms with E-state index < -0.39 is 0 Å². The molecule has 0 aromatic rings. The predicted octanol–water partition coefficient (Wildman–Crippen LogP) is 7.92. The van der Waals surface area contributed by atoms with E-state index in [1.807, 2.05) is 0 Å². The molecule has 3 unspecified atom stereocenters. The minimum absolute atomic E-state index is 0.0532. The van der Waals surface area contributed by atoms with Gasteiger partial charge in [-0.3, -0.25) is 9.28 Å². The van der Waals surface area contributed by atoms with Gasteiger partial charge in [0.05, 0.1) is 12.8 Å². The van der Waals surface area contributed by atoms with Gasteiger partial charge in [0.2, 0.25) is 5.91 Å². The summed E-state index contributed by atoms with van der Waals surface area (Å²) in [5, 5.41) is 3.11. The third-order valence-corrected chi connectivity index (χ3v) is 7.54. The van der Waals surface area contributed by atoms with E-state index in [0.29, 0.717) is 6.17 Å². The molecule has 1 heterocycles. The summed E-state index contributed by atoms with van der Waals surface area (Å²) in [6.07, 6.45) is 30.3. The van der Waals surface area contributed by atoms with E-state index >= 15 is 0 Å². The number of hydrogen-bond donors (Lipinski definition) is 1. The Morgan fingerprint density at radius 2 is 1.42 bits per heavy atom. The summed E-state index contributed by atoms with van der Waals surface area (Å²) < 4.78 is 0.869. The Balaban J connectivity index is 1.99. The van der Waals surface area contributed by atoms with Crippen molar-refractivity contribution < 1.29 is 9.28 Å². The molecule has 4 heteroatoms. The highest BCUT2D eigenvalue weighted by molar-refractivity contribution is 5.73. The van der Waals surface area contributed by atoms with Gasteiger partial charge in [-0.05, 0) is 39.0 Å². The molecular weight excluding hydrogens is 406 g/mol. The maximum Gasteiger partial charge on any atom is 0.221 e. The average molecular weight is 463 g/mol. The lowest BCUT2D eigenvalue weighted by atomic mass is 10.0. The molecule has 0 radical (unpaired) electrons. The smallest absolute Gasteiger partial charge is 0.221 e. The SMILES string of the molecule is CCCCCCCCCCCCCC/C=C/CCCCC1N=CC[N+]1(CC)C(C)NC(C)=O. The molecule has 0 aromatic heterocycles. The van der Waals surface area contributed by atoms with Crippen molar-refractivity contribution in [2.24, 2.45) is 4.99 Å². The Kier molecular flexibility index (Phi) is 17.4. The van der Waals surface area contributed by atoms with Crippen LogP contribution in [0.5, 0.6) is 0 Å². The third kappa shape index (κ3) is 12.8. The molecule has 33 heavy (non-hydrogen) atoms. The van der Waals surface area contributed by atoms with Crippen molar-refractivity contribution in [2.45, 2.75) is 149 Å². The van der Waals surface area contributed by atoms with Crippen LogP contribution in [0.2, 0.25) is 0 Å². The normalized spacial score (nSPS) is 21.2. The number of unbranched alkanes of at least 4 members (excludes halogenated alkanes) is 14. The Bertz CT molecular complexity index is 545. The minimum Gasteiger partial charge on any atom is -0.307 e. The molecule has 1 aliphatic heterocycles. The molecule has 192 valence electrons. The topological polar surface area (TPSA) is 41.5 Å². The second-order valence-corrected chi connectivity index (χ2v) is 10.2. The zero-order chi connectivity index (χ0) is 24.2. The van der Waals surface area contributed by atoms with E-state index in [0.717, 1.165) is 24.0 Å². The van der Waals surface area contributed by atoms with E-state index in [1.165, 1.54) is 103 Å². The third-order valence-electron chi connectivity index (χ3n) is 7.54. The van der Waals surface area contributed by atoms with Crippen LogP contribution in [0.25, 0.3) is 0 Å². The number of allylic oxidation sites excluding steroid dienone is 2. The van der Waals surface area contributed by atoms with Crippen LogP contribution in [0.4, 0.5) is 0 Å². The number of rotatable bonds is 21. The van der Waals surface area contributed by atoms with Crippen molar-refractivity contribution in [3.63, 3.8) is 0 Å². The average Bonchev–Trinajstić information content (AvgIpc) is 3.22. The van der Waals surface area contributed by atoms with Crippen molar-refractivity contribution >= 4 is 12.1 Å². The molecule has 4 nitrogen and oxygen atoms in total. The molecule has 0 saturated carbocycles. The van der Waals surface area contributed by atoms with Gasteiger partial charge in [-0.15, -0.1) is 0 Å². The maximum absolute atomic E-state index is 11.5. The first-order chi connectivity index (χ1) is 16.1. The standard InChI is InChI=1S/C29H55N3O/c1-5-7-8-9-10-11-12-13-14-15-16-17-18-19-20-21-22-23-24-29-30-25-26-32(29,6-2)27(3)31-28(4)33/h19-20,25,27,29H,5-18,21-24,26H2,1-4H3/p+1/b20-19+. The van der Waals surface area contributed by atoms with Gasteiger partial charge in [0.25, 0.3) is 0 Å². The summed E-state index contributed by atoms with van der Waals surface area (Å²) in [4.78, 5) is 16.3. The van der Waals surface area contributed by atoms with Crippen molar-refractivity contribution in [3.8, 4) is 0 Å². The van der Waals surface area contributed by atoms with Crippen LogP contribution in [-0.2, 0) is 4.79 Å². The van der Waals surface area contributed by atoms with Gasteiger partial charge >= 0.3 is 0 Å². The fourth-order valence-electron chi connectivity index (χ4n) is 5.29. The van der Waals surface area contributed by atoms with Crippen LogP contribution >= 0.6 is 0 Å². The molecule has 0 aliphatic carbocycles. The van der Waals surface area contributed by atoms with Gasteiger partial charge in [-0.1, -0.05) is 89.7 Å². The van der Waals surface area contributed by atoms with Crippen molar-refractivity contribution in [1.29, 1.82) is 0 Å². The maximum atomic E-state index is 11.5. The molecule has 1 aliphatic rings. The van der Waals surface area contributed by atoms with E-state index in [4.69, 9.17) is 4.99 Å². The van der Waals surface area contributed by atoms with Gasteiger partial charge < -0.3 is 5.32 Å². The molecular formula is C29H56N3O+. The van der Waals surface area contributed by atoms with Crippen molar-refractivity contribution in [2.75, 3.05) is 13.1 Å². The largest absolute Gasteiger partial charge is 0.307 e. The number of quaternary nitrogens is 1. The molecule has 1 amide bonds. The number of hydrogen-bond acceptors (Lipinski definition) is 2. The van der Waals surface area contributed by atoms with Crippen molar-refractivity contribution in [3.05, 3.63) is 12.2 Å². The number of carbonyl (C=O) groups is 1. The van der Waals surface area contributed by atoms with Gasteiger partial charge in [-0.25, -0.2) is 4.99 Å². The molecule has 1 N–H and O–H groups in total. The number of carbonyl (C=O) groups excluding carboxylic acids is 1. The highest BCUT2D eigenvalue weighted by Gasteiger charge is 2.42. The van der Waals surface area contributed by atoms with Crippen LogP contribution in [0.3, 0.4) is 0 Å². The highest BCUT2D eigenvalue weighted by atomic mass is 16.1. The van der Waals surface area contributed by atoms with E-state index in [-0.39, 0.29) is 12.1 Å². The first-order valence-corrected chi connectivity index (χ1v) is 14.4. The lowest BCUT2D eigenvalue weighted by Crippen LogP contribution is -2.63.